The van der Waals surface area contributed by atoms with E-state index in [-0.39, 0.29) is 23.3 Å². The van der Waals surface area contributed by atoms with Crippen LogP contribution in [-0.2, 0) is 14.0 Å². The fourth-order valence-electron chi connectivity index (χ4n) is 2.21. The van der Waals surface area contributed by atoms with E-state index in [1.165, 1.54) is 18.2 Å². The molecule has 1 aromatic rings. The van der Waals surface area contributed by atoms with Crippen LogP contribution in [0.25, 0.3) is 0 Å². The minimum atomic E-state index is -0.864. The maximum atomic E-state index is 11.8. The maximum Gasteiger partial charge on any atom is 0.501 e. The molecule has 1 aliphatic rings. The molecule has 1 fully saturated rings. The van der Waals surface area contributed by atoms with E-state index in [0.29, 0.717) is 0 Å². The molecule has 0 N–H and O–H groups in total. The summed E-state index contributed by atoms with van der Waals surface area (Å²) in [4.78, 5) is 22.6. The average Bonchev–Trinajstić information content (AvgIpc) is 2.67. The molecule has 0 saturated carbocycles. The van der Waals surface area contributed by atoms with E-state index in [2.05, 4.69) is 0 Å². The first-order chi connectivity index (χ1) is 10.6. The molecule has 1 saturated heterocycles. The average molecular weight is 321 g/mol. The van der Waals surface area contributed by atoms with Crippen molar-refractivity contribution in [3.63, 3.8) is 0 Å². The smallest absolute Gasteiger partial charge is 0.462 e. The first-order valence-electron chi connectivity index (χ1n) is 7.40. The molecule has 0 amide bonds. The molecular formula is C15H20BNO6. The summed E-state index contributed by atoms with van der Waals surface area (Å²) in [6.45, 7) is 9.34. The van der Waals surface area contributed by atoms with Gasteiger partial charge in [-0.15, -0.1) is 0 Å². The number of carbonyl (C=O) groups excluding carboxylic acids is 1. The Bertz CT molecular complexity index is 627. The van der Waals surface area contributed by atoms with Gasteiger partial charge < -0.3 is 14.0 Å². The lowest BCUT2D eigenvalue weighted by atomic mass is 9.77. The van der Waals surface area contributed by atoms with Gasteiger partial charge in [0.2, 0.25) is 0 Å². The molecule has 0 radical (unpaired) electrons. The van der Waals surface area contributed by atoms with Crippen LogP contribution in [0.2, 0.25) is 0 Å². The third kappa shape index (κ3) is 3.23. The topological polar surface area (TPSA) is 87.9 Å². The fourth-order valence-corrected chi connectivity index (χ4v) is 2.21. The molecule has 0 aromatic heterocycles. The van der Waals surface area contributed by atoms with Crippen molar-refractivity contribution in [1.29, 1.82) is 0 Å². The van der Waals surface area contributed by atoms with Gasteiger partial charge in [-0.3, -0.25) is 10.1 Å². The Labute approximate surface area is 135 Å². The molecule has 1 aromatic carbocycles. The van der Waals surface area contributed by atoms with Crippen LogP contribution in [0.1, 0.15) is 45.0 Å². The van der Waals surface area contributed by atoms with Crippen molar-refractivity contribution in [2.75, 3.05) is 6.61 Å². The number of ether oxygens (including phenoxy) is 1. The molecule has 0 unspecified atom stereocenters. The van der Waals surface area contributed by atoms with Crippen LogP contribution in [0.5, 0.6) is 0 Å². The van der Waals surface area contributed by atoms with Gasteiger partial charge in [0.25, 0.3) is 5.69 Å². The summed E-state index contributed by atoms with van der Waals surface area (Å²) in [5.74, 6) is -0.601. The summed E-state index contributed by atoms with van der Waals surface area (Å²) in [6, 6.07) is 4.15. The lowest BCUT2D eigenvalue weighted by molar-refractivity contribution is -0.383. The van der Waals surface area contributed by atoms with E-state index in [1.807, 2.05) is 27.7 Å². The highest BCUT2D eigenvalue weighted by atomic mass is 16.7. The van der Waals surface area contributed by atoms with Crippen LogP contribution < -0.4 is 5.46 Å². The number of rotatable bonds is 4. The number of esters is 1. The Hall–Kier alpha value is -1.93. The zero-order chi connectivity index (χ0) is 17.4. The summed E-state index contributed by atoms with van der Waals surface area (Å²) < 4.78 is 16.6. The van der Waals surface area contributed by atoms with Gasteiger partial charge in [-0.25, -0.2) is 4.79 Å². The molecule has 1 heterocycles. The molecular weight excluding hydrogens is 301 g/mol. The number of nitro benzene ring substituents is 1. The number of hydrogen-bond acceptors (Lipinski definition) is 6. The van der Waals surface area contributed by atoms with E-state index in [1.54, 1.807) is 6.92 Å². The second-order valence-electron chi connectivity index (χ2n) is 6.34. The minimum absolute atomic E-state index is 0.124. The Morgan fingerprint density at radius 2 is 1.83 bits per heavy atom. The van der Waals surface area contributed by atoms with Crippen LogP contribution in [-0.4, -0.2) is 35.8 Å². The molecule has 0 spiro atoms. The number of benzene rings is 1. The van der Waals surface area contributed by atoms with Gasteiger partial charge in [-0.1, -0.05) is 6.07 Å². The molecule has 0 atom stereocenters. The Balaban J connectivity index is 2.40. The van der Waals surface area contributed by atoms with Gasteiger partial charge in [0.1, 0.15) is 0 Å². The number of nitrogens with zero attached hydrogens (tertiary/aromatic N) is 1. The number of nitro groups is 1. The first-order valence-corrected chi connectivity index (χ1v) is 7.40. The fraction of sp³-hybridized carbons (Fsp3) is 0.533. The molecule has 2 rings (SSSR count). The van der Waals surface area contributed by atoms with E-state index in [4.69, 9.17) is 14.0 Å². The highest BCUT2D eigenvalue weighted by Gasteiger charge is 2.53. The minimum Gasteiger partial charge on any atom is -0.462 e. The molecule has 1 aliphatic heterocycles. The van der Waals surface area contributed by atoms with Crippen molar-refractivity contribution >= 4 is 24.2 Å². The van der Waals surface area contributed by atoms with Crippen LogP contribution in [0.3, 0.4) is 0 Å². The summed E-state index contributed by atoms with van der Waals surface area (Å²) in [5, 5.41) is 11.4. The maximum absolute atomic E-state index is 11.8. The van der Waals surface area contributed by atoms with Crippen molar-refractivity contribution in [3.05, 3.63) is 33.9 Å². The van der Waals surface area contributed by atoms with Crippen LogP contribution in [0.15, 0.2) is 18.2 Å². The van der Waals surface area contributed by atoms with Crippen LogP contribution in [0, 0.1) is 10.1 Å². The van der Waals surface area contributed by atoms with Crippen molar-refractivity contribution in [1.82, 2.24) is 0 Å². The third-order valence-electron chi connectivity index (χ3n) is 4.25. The van der Waals surface area contributed by atoms with Crippen molar-refractivity contribution in [2.45, 2.75) is 45.8 Å². The summed E-state index contributed by atoms with van der Waals surface area (Å²) in [7, 11) is -0.864. The lowest BCUT2D eigenvalue weighted by Crippen LogP contribution is -2.41. The van der Waals surface area contributed by atoms with Crippen LogP contribution in [0.4, 0.5) is 5.69 Å². The zero-order valence-electron chi connectivity index (χ0n) is 13.9. The summed E-state index contributed by atoms with van der Waals surface area (Å²) >= 11 is 0. The molecule has 8 heteroatoms. The normalized spacial score (nSPS) is 18.7. The Morgan fingerprint density at radius 1 is 1.26 bits per heavy atom. The lowest BCUT2D eigenvalue weighted by Gasteiger charge is -2.32. The second-order valence-corrected chi connectivity index (χ2v) is 6.34. The van der Waals surface area contributed by atoms with Gasteiger partial charge in [0.15, 0.2) is 0 Å². The molecule has 0 aliphatic carbocycles. The Morgan fingerprint density at radius 3 is 2.30 bits per heavy atom. The highest BCUT2D eigenvalue weighted by molar-refractivity contribution is 6.63. The molecule has 0 bridgehead atoms. The van der Waals surface area contributed by atoms with Gasteiger partial charge in [-0.05, 0) is 40.7 Å². The highest BCUT2D eigenvalue weighted by Crippen LogP contribution is 2.37. The van der Waals surface area contributed by atoms with E-state index in [0.717, 1.165) is 0 Å². The molecule has 23 heavy (non-hydrogen) atoms. The quantitative estimate of drug-likeness (QED) is 0.365. The van der Waals surface area contributed by atoms with Crippen molar-refractivity contribution in [2.24, 2.45) is 0 Å². The SMILES string of the molecule is CCOC(=O)c1ccc(B2OC(C)(C)C(C)(C)O2)c([N+](=O)[O-])c1. The van der Waals surface area contributed by atoms with E-state index < -0.39 is 29.2 Å². The van der Waals surface area contributed by atoms with Crippen molar-refractivity contribution in [3.8, 4) is 0 Å². The van der Waals surface area contributed by atoms with Gasteiger partial charge in [0.05, 0.1) is 33.8 Å². The van der Waals surface area contributed by atoms with Gasteiger partial charge in [0, 0.05) is 6.07 Å². The molecule has 124 valence electrons. The van der Waals surface area contributed by atoms with Crippen LogP contribution >= 0.6 is 0 Å². The predicted octanol–water partition coefficient (Wildman–Crippen LogP) is 2.07. The standard InChI is InChI=1S/C15H20BNO6/c1-6-21-13(18)10-7-8-11(12(9-10)17(19)20)16-22-14(2,3)15(4,5)23-16/h7-9H,6H2,1-5H3. The Kier molecular flexibility index (Phi) is 4.50. The monoisotopic (exact) mass is 321 g/mol. The van der Waals surface area contributed by atoms with Gasteiger partial charge in [-0.2, -0.15) is 0 Å². The predicted molar refractivity (Wildman–Crippen MR) is 84.8 cm³/mol. The number of hydrogen-bond donors (Lipinski definition) is 0. The first kappa shape index (κ1) is 17.4. The summed E-state index contributed by atoms with van der Waals surface area (Å²) in [6.07, 6.45) is 0. The largest absolute Gasteiger partial charge is 0.501 e. The molecule has 7 nitrogen and oxygen atoms in total. The van der Waals surface area contributed by atoms with Crippen molar-refractivity contribution < 1.29 is 23.8 Å². The van der Waals surface area contributed by atoms with Gasteiger partial charge >= 0.3 is 13.1 Å². The summed E-state index contributed by atoms with van der Waals surface area (Å²) in [5.41, 5.74) is -1.04. The van der Waals surface area contributed by atoms with E-state index in [9.17, 15) is 14.9 Å². The zero-order valence-corrected chi connectivity index (χ0v) is 13.9. The second kappa shape index (κ2) is 5.94. The third-order valence-corrected chi connectivity index (χ3v) is 4.25. The number of carbonyl (C=O) groups is 1. The van der Waals surface area contributed by atoms with E-state index >= 15 is 0 Å².